The molecule has 1 amide bonds. The van der Waals surface area contributed by atoms with E-state index in [2.05, 4.69) is 11.2 Å². The maximum Gasteiger partial charge on any atom is 0.223 e. The third-order valence-electron chi connectivity index (χ3n) is 1.97. The van der Waals surface area contributed by atoms with Crippen molar-refractivity contribution in [3.8, 4) is 12.3 Å². The summed E-state index contributed by atoms with van der Waals surface area (Å²) in [5.74, 6) is 2.48. The molecule has 0 aliphatic heterocycles. The molecule has 0 bridgehead atoms. The van der Waals surface area contributed by atoms with Gasteiger partial charge in [-0.25, -0.2) is 0 Å². The van der Waals surface area contributed by atoms with Crippen LogP contribution < -0.4 is 5.32 Å². The summed E-state index contributed by atoms with van der Waals surface area (Å²) in [5.41, 5.74) is -0.417. The van der Waals surface area contributed by atoms with Gasteiger partial charge in [0.1, 0.15) is 0 Å². The van der Waals surface area contributed by atoms with E-state index in [4.69, 9.17) is 11.2 Å². The Morgan fingerprint density at radius 3 is 2.64 bits per heavy atom. The lowest BCUT2D eigenvalue weighted by atomic mass is 10.0. The third-order valence-corrected chi connectivity index (χ3v) is 1.97. The molecule has 0 spiro atoms. The second-order valence-corrected chi connectivity index (χ2v) is 4.02. The SMILES string of the molecule is C#CCC(C)NC(=O)CC(C)(C)OC. The van der Waals surface area contributed by atoms with Crippen molar-refractivity contribution in [3.63, 3.8) is 0 Å². The van der Waals surface area contributed by atoms with Crippen LogP contribution in [0.15, 0.2) is 0 Å². The van der Waals surface area contributed by atoms with Crippen LogP contribution in [0.25, 0.3) is 0 Å². The first-order chi connectivity index (χ1) is 6.41. The lowest BCUT2D eigenvalue weighted by Gasteiger charge is -2.23. The van der Waals surface area contributed by atoms with Gasteiger partial charge >= 0.3 is 0 Å². The summed E-state index contributed by atoms with van der Waals surface area (Å²) < 4.78 is 5.15. The highest BCUT2D eigenvalue weighted by Gasteiger charge is 2.21. The smallest absolute Gasteiger partial charge is 0.223 e. The molecule has 0 aliphatic rings. The van der Waals surface area contributed by atoms with Crippen molar-refractivity contribution in [2.24, 2.45) is 0 Å². The molecule has 0 saturated heterocycles. The van der Waals surface area contributed by atoms with Crippen molar-refractivity contribution in [2.45, 2.75) is 45.3 Å². The van der Waals surface area contributed by atoms with Crippen LogP contribution in [0.3, 0.4) is 0 Å². The molecule has 1 unspecified atom stereocenters. The minimum Gasteiger partial charge on any atom is -0.378 e. The van der Waals surface area contributed by atoms with E-state index < -0.39 is 5.60 Å². The van der Waals surface area contributed by atoms with Gasteiger partial charge in [0.25, 0.3) is 0 Å². The van der Waals surface area contributed by atoms with Crippen molar-refractivity contribution in [3.05, 3.63) is 0 Å². The minimum atomic E-state index is -0.417. The molecule has 0 aliphatic carbocycles. The zero-order valence-corrected chi connectivity index (χ0v) is 9.39. The highest BCUT2D eigenvalue weighted by molar-refractivity contribution is 5.77. The fourth-order valence-electron chi connectivity index (χ4n) is 1.01. The lowest BCUT2D eigenvalue weighted by Crippen LogP contribution is -2.38. The Labute approximate surface area is 86.2 Å². The Kier molecular flexibility index (Phi) is 5.26. The molecule has 0 radical (unpaired) electrons. The summed E-state index contributed by atoms with van der Waals surface area (Å²) in [5, 5.41) is 2.81. The van der Waals surface area contributed by atoms with Crippen molar-refractivity contribution >= 4 is 5.91 Å². The molecular weight excluding hydrogens is 178 g/mol. The summed E-state index contributed by atoms with van der Waals surface area (Å²) >= 11 is 0. The minimum absolute atomic E-state index is 0.0279. The number of hydrogen-bond donors (Lipinski definition) is 1. The largest absolute Gasteiger partial charge is 0.378 e. The van der Waals surface area contributed by atoms with E-state index >= 15 is 0 Å². The first kappa shape index (κ1) is 13.0. The molecule has 3 nitrogen and oxygen atoms in total. The zero-order chi connectivity index (χ0) is 11.2. The predicted octanol–water partition coefficient (Wildman–Crippen LogP) is 1.33. The quantitative estimate of drug-likeness (QED) is 0.675. The van der Waals surface area contributed by atoms with E-state index in [9.17, 15) is 4.79 Å². The van der Waals surface area contributed by atoms with E-state index in [-0.39, 0.29) is 11.9 Å². The molecule has 0 aromatic carbocycles. The van der Waals surface area contributed by atoms with Gasteiger partial charge in [0.15, 0.2) is 0 Å². The number of hydrogen-bond acceptors (Lipinski definition) is 2. The number of methoxy groups -OCH3 is 1. The van der Waals surface area contributed by atoms with Gasteiger partial charge in [-0.1, -0.05) is 0 Å². The van der Waals surface area contributed by atoms with Crippen LogP contribution in [0.1, 0.15) is 33.6 Å². The number of amides is 1. The summed E-state index contributed by atoms with van der Waals surface area (Å²) in [4.78, 5) is 11.4. The Hall–Kier alpha value is -1.01. The second-order valence-electron chi connectivity index (χ2n) is 4.02. The number of ether oxygens (including phenoxy) is 1. The highest BCUT2D eigenvalue weighted by Crippen LogP contribution is 2.12. The van der Waals surface area contributed by atoms with Crippen LogP contribution in [-0.4, -0.2) is 24.7 Å². The standard InChI is InChI=1S/C11H19NO2/c1-6-7-9(2)12-10(13)8-11(3,4)14-5/h1,9H,7-8H2,2-5H3,(H,12,13). The zero-order valence-electron chi connectivity index (χ0n) is 9.39. The lowest BCUT2D eigenvalue weighted by molar-refractivity contribution is -0.126. The number of rotatable bonds is 5. The fraction of sp³-hybridized carbons (Fsp3) is 0.727. The third kappa shape index (κ3) is 5.60. The van der Waals surface area contributed by atoms with Gasteiger partial charge in [-0.15, -0.1) is 12.3 Å². The van der Waals surface area contributed by atoms with E-state index in [1.54, 1.807) is 7.11 Å². The number of nitrogens with one attached hydrogen (secondary N) is 1. The molecule has 1 atom stereocenters. The Morgan fingerprint density at radius 1 is 1.64 bits per heavy atom. The average molecular weight is 197 g/mol. The van der Waals surface area contributed by atoms with Crippen molar-refractivity contribution in [1.82, 2.24) is 5.32 Å². The van der Waals surface area contributed by atoms with E-state index in [0.717, 1.165) is 0 Å². The number of carbonyl (C=O) groups excluding carboxylic acids is 1. The first-order valence-electron chi connectivity index (χ1n) is 4.69. The molecular formula is C11H19NO2. The molecule has 0 saturated carbocycles. The normalized spacial score (nSPS) is 13.1. The summed E-state index contributed by atoms with van der Waals surface area (Å²) in [6, 6.07) is 0.0279. The van der Waals surface area contributed by atoms with E-state index in [1.165, 1.54) is 0 Å². The Balaban J connectivity index is 3.94. The number of terminal acetylenes is 1. The molecule has 80 valence electrons. The van der Waals surface area contributed by atoms with Gasteiger partial charge in [-0.05, 0) is 20.8 Å². The van der Waals surface area contributed by atoms with Crippen LogP contribution in [0, 0.1) is 12.3 Å². The molecule has 0 heterocycles. The molecule has 3 heteroatoms. The average Bonchev–Trinajstić information content (AvgIpc) is 2.03. The maximum absolute atomic E-state index is 11.4. The van der Waals surface area contributed by atoms with Crippen molar-refractivity contribution < 1.29 is 9.53 Å². The van der Waals surface area contributed by atoms with Gasteiger partial charge in [-0.2, -0.15) is 0 Å². The van der Waals surface area contributed by atoms with Gasteiger partial charge in [0.05, 0.1) is 12.0 Å². The van der Waals surface area contributed by atoms with Gasteiger partial charge in [-0.3, -0.25) is 4.79 Å². The summed E-state index contributed by atoms with van der Waals surface area (Å²) in [6.45, 7) is 5.63. The molecule has 0 aromatic rings. The Bertz CT molecular complexity index is 228. The van der Waals surface area contributed by atoms with Crippen molar-refractivity contribution in [1.29, 1.82) is 0 Å². The molecule has 0 aromatic heterocycles. The molecule has 0 fully saturated rings. The van der Waals surface area contributed by atoms with Gasteiger partial charge in [0.2, 0.25) is 5.91 Å². The van der Waals surface area contributed by atoms with Crippen molar-refractivity contribution in [2.75, 3.05) is 7.11 Å². The van der Waals surface area contributed by atoms with E-state index in [1.807, 2.05) is 20.8 Å². The summed E-state index contributed by atoms with van der Waals surface area (Å²) in [7, 11) is 1.60. The topological polar surface area (TPSA) is 38.3 Å². The monoisotopic (exact) mass is 197 g/mol. The first-order valence-corrected chi connectivity index (χ1v) is 4.69. The second kappa shape index (κ2) is 5.66. The fourth-order valence-corrected chi connectivity index (χ4v) is 1.01. The van der Waals surface area contributed by atoms with Gasteiger partial charge < -0.3 is 10.1 Å². The van der Waals surface area contributed by atoms with Crippen LogP contribution in [-0.2, 0) is 9.53 Å². The predicted molar refractivity (Wildman–Crippen MR) is 56.8 cm³/mol. The molecule has 14 heavy (non-hydrogen) atoms. The maximum atomic E-state index is 11.4. The van der Waals surface area contributed by atoms with Crippen LogP contribution in [0.4, 0.5) is 0 Å². The Morgan fingerprint density at radius 2 is 2.21 bits per heavy atom. The highest BCUT2D eigenvalue weighted by atomic mass is 16.5. The molecule has 1 N–H and O–H groups in total. The van der Waals surface area contributed by atoms with Crippen LogP contribution in [0.5, 0.6) is 0 Å². The van der Waals surface area contributed by atoms with E-state index in [0.29, 0.717) is 12.8 Å². The van der Waals surface area contributed by atoms with Crippen LogP contribution >= 0.6 is 0 Å². The number of carbonyl (C=O) groups is 1. The van der Waals surface area contributed by atoms with Crippen LogP contribution in [0.2, 0.25) is 0 Å². The molecule has 0 rings (SSSR count). The summed E-state index contributed by atoms with van der Waals surface area (Å²) in [6.07, 6.45) is 6.03. The van der Waals surface area contributed by atoms with Gasteiger partial charge in [0, 0.05) is 19.6 Å².